The standard InChI is InChI=1S/C6H10O3S/c7-10(8,9)5-6-3-1-2-4-6/h1-2,6H,3-5H2,(H,7,8,9). The fourth-order valence-electron chi connectivity index (χ4n) is 1.11. The molecule has 1 aliphatic rings. The van der Waals surface area contributed by atoms with Crippen LogP contribution in [0.3, 0.4) is 0 Å². The summed E-state index contributed by atoms with van der Waals surface area (Å²) in [5.74, 6) is 0.00926. The molecule has 0 aromatic heterocycles. The molecule has 0 aliphatic heterocycles. The zero-order chi connectivity index (χ0) is 7.61. The summed E-state index contributed by atoms with van der Waals surface area (Å²) in [5, 5.41) is 0. The molecule has 0 aromatic rings. The molecule has 0 unspecified atom stereocenters. The lowest BCUT2D eigenvalue weighted by Crippen LogP contribution is -2.12. The number of allylic oxidation sites excluding steroid dienone is 2. The maximum atomic E-state index is 10.3. The SMILES string of the molecule is O=S(=O)(O)CC1CC=CC1. The van der Waals surface area contributed by atoms with Gasteiger partial charge in [-0.15, -0.1) is 0 Å². The van der Waals surface area contributed by atoms with E-state index in [1.807, 2.05) is 12.2 Å². The number of rotatable bonds is 2. The minimum absolute atomic E-state index is 0.0972. The average Bonchev–Trinajstić information content (AvgIpc) is 2.12. The van der Waals surface area contributed by atoms with Gasteiger partial charge in [-0.05, 0) is 18.8 Å². The zero-order valence-electron chi connectivity index (χ0n) is 5.53. The van der Waals surface area contributed by atoms with Gasteiger partial charge in [0, 0.05) is 0 Å². The first-order chi connectivity index (χ1) is 4.58. The summed E-state index contributed by atoms with van der Waals surface area (Å²) in [5.41, 5.74) is 0. The zero-order valence-corrected chi connectivity index (χ0v) is 6.34. The van der Waals surface area contributed by atoms with E-state index in [1.54, 1.807) is 0 Å². The summed E-state index contributed by atoms with van der Waals surface area (Å²) in [6.45, 7) is 0. The Morgan fingerprint density at radius 2 is 1.90 bits per heavy atom. The van der Waals surface area contributed by atoms with Gasteiger partial charge in [0.15, 0.2) is 0 Å². The molecule has 1 N–H and O–H groups in total. The molecule has 0 heterocycles. The molecule has 0 saturated heterocycles. The van der Waals surface area contributed by atoms with E-state index in [4.69, 9.17) is 4.55 Å². The van der Waals surface area contributed by atoms with Crippen molar-refractivity contribution in [3.8, 4) is 0 Å². The Kier molecular flexibility index (Phi) is 2.11. The maximum Gasteiger partial charge on any atom is 0.265 e. The van der Waals surface area contributed by atoms with Crippen molar-refractivity contribution in [3.05, 3.63) is 12.2 Å². The molecular weight excluding hydrogens is 152 g/mol. The van der Waals surface area contributed by atoms with Crippen molar-refractivity contribution in [2.24, 2.45) is 5.92 Å². The van der Waals surface area contributed by atoms with Crippen molar-refractivity contribution in [1.82, 2.24) is 0 Å². The molecule has 4 heteroatoms. The molecule has 10 heavy (non-hydrogen) atoms. The minimum atomic E-state index is -3.75. The highest BCUT2D eigenvalue weighted by atomic mass is 32.2. The third kappa shape index (κ3) is 2.49. The second-order valence-electron chi connectivity index (χ2n) is 2.56. The maximum absolute atomic E-state index is 10.3. The average molecular weight is 162 g/mol. The van der Waals surface area contributed by atoms with Crippen LogP contribution in [0.1, 0.15) is 12.8 Å². The van der Waals surface area contributed by atoms with Gasteiger partial charge in [0.2, 0.25) is 0 Å². The van der Waals surface area contributed by atoms with Crippen molar-refractivity contribution >= 4 is 10.1 Å². The molecule has 1 rings (SSSR count). The van der Waals surface area contributed by atoms with Crippen molar-refractivity contribution in [1.29, 1.82) is 0 Å². The Hall–Kier alpha value is -0.350. The van der Waals surface area contributed by atoms with Gasteiger partial charge in [0.1, 0.15) is 0 Å². The monoisotopic (exact) mass is 162 g/mol. The molecule has 0 saturated carbocycles. The van der Waals surface area contributed by atoms with Gasteiger partial charge in [-0.2, -0.15) is 8.42 Å². The summed E-state index contributed by atoms with van der Waals surface area (Å²) in [4.78, 5) is 0. The quantitative estimate of drug-likeness (QED) is 0.483. The smallest absolute Gasteiger partial charge is 0.265 e. The second kappa shape index (κ2) is 2.72. The Morgan fingerprint density at radius 3 is 2.30 bits per heavy atom. The highest BCUT2D eigenvalue weighted by Crippen LogP contribution is 2.18. The van der Waals surface area contributed by atoms with Crippen LogP contribution >= 0.6 is 0 Å². The fraction of sp³-hybridized carbons (Fsp3) is 0.667. The first kappa shape index (κ1) is 7.75. The summed E-state index contributed by atoms with van der Waals surface area (Å²) in [7, 11) is -3.75. The Morgan fingerprint density at radius 1 is 1.40 bits per heavy atom. The first-order valence-corrected chi connectivity index (χ1v) is 4.79. The van der Waals surface area contributed by atoms with Crippen molar-refractivity contribution in [3.63, 3.8) is 0 Å². The molecule has 0 aromatic carbocycles. The van der Waals surface area contributed by atoms with Gasteiger partial charge in [-0.3, -0.25) is 4.55 Å². The van der Waals surface area contributed by atoms with E-state index in [2.05, 4.69) is 0 Å². The Balaban J connectivity index is 2.41. The summed E-state index contributed by atoms with van der Waals surface area (Å²) in [6, 6.07) is 0. The van der Waals surface area contributed by atoms with Crippen molar-refractivity contribution < 1.29 is 13.0 Å². The van der Waals surface area contributed by atoms with Gasteiger partial charge >= 0.3 is 0 Å². The van der Waals surface area contributed by atoms with Gasteiger partial charge in [-0.1, -0.05) is 12.2 Å². The van der Waals surface area contributed by atoms with E-state index in [-0.39, 0.29) is 11.7 Å². The third-order valence-electron chi connectivity index (χ3n) is 1.55. The molecule has 0 spiro atoms. The van der Waals surface area contributed by atoms with Crippen LogP contribution in [0.15, 0.2) is 12.2 Å². The van der Waals surface area contributed by atoms with Crippen LogP contribution < -0.4 is 0 Å². The predicted octanol–water partition coefficient (Wildman–Crippen LogP) is 0.840. The van der Waals surface area contributed by atoms with Crippen molar-refractivity contribution in [2.75, 3.05) is 5.75 Å². The predicted molar refractivity (Wildman–Crippen MR) is 38.3 cm³/mol. The lowest BCUT2D eigenvalue weighted by Gasteiger charge is -2.03. The molecule has 0 bridgehead atoms. The highest BCUT2D eigenvalue weighted by Gasteiger charge is 2.16. The third-order valence-corrected chi connectivity index (χ3v) is 2.44. The van der Waals surface area contributed by atoms with Crippen LogP contribution in [0, 0.1) is 5.92 Å². The van der Waals surface area contributed by atoms with Crippen LogP contribution in [-0.4, -0.2) is 18.7 Å². The summed E-state index contributed by atoms with van der Waals surface area (Å²) < 4.78 is 29.1. The minimum Gasteiger partial charge on any atom is -0.286 e. The van der Waals surface area contributed by atoms with Gasteiger partial charge in [0.25, 0.3) is 10.1 Å². The van der Waals surface area contributed by atoms with Crippen LogP contribution in [0.25, 0.3) is 0 Å². The molecule has 58 valence electrons. The number of hydrogen-bond donors (Lipinski definition) is 1. The van der Waals surface area contributed by atoms with Crippen LogP contribution in [-0.2, 0) is 10.1 Å². The lowest BCUT2D eigenvalue weighted by atomic mass is 10.1. The van der Waals surface area contributed by atoms with E-state index in [0.29, 0.717) is 0 Å². The Bertz CT molecular complexity index is 219. The number of hydrogen-bond acceptors (Lipinski definition) is 2. The molecule has 0 fully saturated rings. The van der Waals surface area contributed by atoms with Gasteiger partial charge in [0.05, 0.1) is 5.75 Å². The normalized spacial score (nSPS) is 20.1. The van der Waals surface area contributed by atoms with Crippen LogP contribution in [0.5, 0.6) is 0 Å². The van der Waals surface area contributed by atoms with E-state index >= 15 is 0 Å². The van der Waals surface area contributed by atoms with Crippen molar-refractivity contribution in [2.45, 2.75) is 12.8 Å². The molecule has 0 amide bonds. The van der Waals surface area contributed by atoms with E-state index in [0.717, 1.165) is 12.8 Å². The van der Waals surface area contributed by atoms with E-state index < -0.39 is 10.1 Å². The molecule has 1 aliphatic carbocycles. The summed E-state index contributed by atoms with van der Waals surface area (Å²) in [6.07, 6.45) is 5.44. The first-order valence-electron chi connectivity index (χ1n) is 3.18. The van der Waals surface area contributed by atoms with Gasteiger partial charge < -0.3 is 0 Å². The van der Waals surface area contributed by atoms with Crippen LogP contribution in [0.2, 0.25) is 0 Å². The van der Waals surface area contributed by atoms with Crippen LogP contribution in [0.4, 0.5) is 0 Å². The molecule has 0 atom stereocenters. The fourth-order valence-corrected chi connectivity index (χ4v) is 1.98. The highest BCUT2D eigenvalue weighted by molar-refractivity contribution is 7.85. The molecule has 0 radical (unpaired) electrons. The largest absolute Gasteiger partial charge is 0.286 e. The van der Waals surface area contributed by atoms with Gasteiger partial charge in [-0.25, -0.2) is 0 Å². The second-order valence-corrected chi connectivity index (χ2v) is 4.05. The molecule has 3 nitrogen and oxygen atoms in total. The lowest BCUT2D eigenvalue weighted by molar-refractivity contribution is 0.467. The van der Waals surface area contributed by atoms with E-state index in [1.165, 1.54) is 0 Å². The topological polar surface area (TPSA) is 54.4 Å². The summed E-state index contributed by atoms with van der Waals surface area (Å²) >= 11 is 0. The molecular formula is C6H10O3S. The van der Waals surface area contributed by atoms with E-state index in [9.17, 15) is 8.42 Å². The Labute approximate surface area is 60.5 Å².